The molecule has 1 N–H and O–H groups in total. The molecule has 0 saturated heterocycles. The maximum Gasteiger partial charge on any atom is 0.345 e. The van der Waals surface area contributed by atoms with E-state index in [1.807, 2.05) is 6.92 Å². The van der Waals surface area contributed by atoms with E-state index in [2.05, 4.69) is 15.1 Å². The van der Waals surface area contributed by atoms with Crippen LogP contribution in [0.1, 0.15) is 15.4 Å². The number of fused-ring (bicyclic) bond motifs is 1. The fraction of sp³-hybridized carbons (Fsp3) is 0.0909. The van der Waals surface area contributed by atoms with Crippen molar-refractivity contribution in [1.82, 2.24) is 19.7 Å². The molecule has 0 aliphatic heterocycles. The minimum absolute atomic E-state index is 0.299. The van der Waals surface area contributed by atoms with Crippen molar-refractivity contribution in [2.45, 2.75) is 6.92 Å². The zero-order valence-corrected chi connectivity index (χ0v) is 10.2. The average Bonchev–Trinajstić information content (AvgIpc) is 2.92. The second-order valence-corrected chi connectivity index (χ2v) is 4.73. The van der Waals surface area contributed by atoms with Crippen LogP contribution >= 0.6 is 11.3 Å². The van der Waals surface area contributed by atoms with Gasteiger partial charge in [-0.3, -0.25) is 0 Å². The molecule has 0 aliphatic carbocycles. The topological polar surface area (TPSA) is 80.9 Å². The zero-order chi connectivity index (χ0) is 12.7. The number of nitrogens with zero attached hydrogens (tertiary/aromatic N) is 4. The Bertz CT molecular complexity index is 732. The number of carboxylic acids is 1. The van der Waals surface area contributed by atoms with Gasteiger partial charge in [-0.05, 0) is 13.0 Å². The molecule has 3 aromatic rings. The summed E-state index contributed by atoms with van der Waals surface area (Å²) in [5.74, 6) is -0.299. The minimum Gasteiger partial charge on any atom is -0.477 e. The highest BCUT2D eigenvalue weighted by Gasteiger charge is 2.16. The van der Waals surface area contributed by atoms with Crippen molar-refractivity contribution in [1.29, 1.82) is 0 Å². The predicted octanol–water partition coefficient (Wildman–Crippen LogP) is 1.88. The molecule has 3 heterocycles. The number of thiophene rings is 1. The summed E-state index contributed by atoms with van der Waals surface area (Å²) in [7, 11) is 0. The standard InChI is InChI=1S/C11H8N4O2S/c1-6-7-4-8(11(16)17)18-10(7)15(14-6)9-2-3-12-5-13-9/h2-5H,1H3,(H,16,17). The van der Waals surface area contributed by atoms with Gasteiger partial charge in [0.15, 0.2) is 5.82 Å². The molecule has 3 aromatic heterocycles. The van der Waals surface area contributed by atoms with E-state index in [1.54, 1.807) is 23.0 Å². The van der Waals surface area contributed by atoms with Crippen molar-refractivity contribution in [3.63, 3.8) is 0 Å². The van der Waals surface area contributed by atoms with Crippen LogP contribution in [0.2, 0.25) is 0 Å². The molecular formula is C11H8N4O2S. The van der Waals surface area contributed by atoms with Crippen LogP contribution in [0.3, 0.4) is 0 Å². The third-order valence-electron chi connectivity index (χ3n) is 2.54. The number of carboxylic acid groups (broad SMARTS) is 1. The molecule has 7 heteroatoms. The summed E-state index contributed by atoms with van der Waals surface area (Å²) in [4.78, 5) is 20.0. The summed E-state index contributed by atoms with van der Waals surface area (Å²) in [6, 6.07) is 3.37. The summed E-state index contributed by atoms with van der Waals surface area (Å²) >= 11 is 1.19. The number of hydrogen-bond acceptors (Lipinski definition) is 5. The van der Waals surface area contributed by atoms with Gasteiger partial charge in [0.1, 0.15) is 16.0 Å². The number of rotatable bonds is 2. The van der Waals surface area contributed by atoms with Crippen molar-refractivity contribution in [3.05, 3.63) is 35.2 Å². The lowest BCUT2D eigenvalue weighted by molar-refractivity contribution is 0.0702. The molecule has 0 unspecified atom stereocenters. The lowest BCUT2D eigenvalue weighted by atomic mass is 10.3. The molecule has 0 fully saturated rings. The molecule has 0 saturated carbocycles. The monoisotopic (exact) mass is 260 g/mol. The summed E-state index contributed by atoms with van der Waals surface area (Å²) in [5.41, 5.74) is 0.785. The van der Waals surface area contributed by atoms with Gasteiger partial charge >= 0.3 is 5.97 Å². The lowest BCUT2D eigenvalue weighted by Crippen LogP contribution is -1.99. The van der Waals surface area contributed by atoms with Gasteiger partial charge in [0, 0.05) is 17.6 Å². The lowest BCUT2D eigenvalue weighted by Gasteiger charge is -1.98. The van der Waals surface area contributed by atoms with Crippen LogP contribution in [-0.2, 0) is 0 Å². The van der Waals surface area contributed by atoms with Crippen LogP contribution in [0.15, 0.2) is 24.7 Å². The molecule has 0 aromatic carbocycles. The van der Waals surface area contributed by atoms with Gasteiger partial charge in [-0.15, -0.1) is 11.3 Å². The summed E-state index contributed by atoms with van der Waals surface area (Å²) in [6.07, 6.45) is 3.06. The summed E-state index contributed by atoms with van der Waals surface area (Å²) in [6.45, 7) is 1.85. The SMILES string of the molecule is Cc1nn(-c2ccncn2)c2sc(C(=O)O)cc12. The van der Waals surface area contributed by atoms with Crippen LogP contribution in [-0.4, -0.2) is 30.8 Å². The third-order valence-corrected chi connectivity index (χ3v) is 3.64. The Hall–Kier alpha value is -2.28. The number of carbonyl (C=O) groups is 1. The Labute approximate surface area is 106 Å². The first kappa shape index (κ1) is 10.8. The Morgan fingerprint density at radius 2 is 2.33 bits per heavy atom. The normalized spacial score (nSPS) is 10.9. The molecule has 18 heavy (non-hydrogen) atoms. The van der Waals surface area contributed by atoms with E-state index in [-0.39, 0.29) is 0 Å². The van der Waals surface area contributed by atoms with Crippen LogP contribution in [0, 0.1) is 6.92 Å². The average molecular weight is 260 g/mol. The number of aromatic nitrogens is 4. The van der Waals surface area contributed by atoms with Crippen molar-refractivity contribution in [2.75, 3.05) is 0 Å². The van der Waals surface area contributed by atoms with Crippen LogP contribution in [0.5, 0.6) is 0 Å². The van der Waals surface area contributed by atoms with Gasteiger partial charge in [0.2, 0.25) is 0 Å². The van der Waals surface area contributed by atoms with E-state index in [0.717, 1.165) is 15.9 Å². The highest BCUT2D eigenvalue weighted by Crippen LogP contribution is 2.29. The fourth-order valence-corrected chi connectivity index (χ4v) is 2.73. The van der Waals surface area contributed by atoms with E-state index in [9.17, 15) is 4.79 Å². The molecule has 90 valence electrons. The van der Waals surface area contributed by atoms with Gasteiger partial charge in [-0.2, -0.15) is 5.10 Å². The van der Waals surface area contributed by atoms with Crippen LogP contribution in [0.25, 0.3) is 16.0 Å². The van der Waals surface area contributed by atoms with E-state index in [4.69, 9.17) is 5.11 Å². The summed E-state index contributed by atoms with van der Waals surface area (Å²) in [5, 5.41) is 14.2. The Kier molecular flexibility index (Phi) is 2.34. The van der Waals surface area contributed by atoms with Crippen LogP contribution < -0.4 is 0 Å². The predicted molar refractivity (Wildman–Crippen MR) is 66.2 cm³/mol. The quantitative estimate of drug-likeness (QED) is 0.760. The Morgan fingerprint density at radius 1 is 1.50 bits per heavy atom. The highest BCUT2D eigenvalue weighted by atomic mass is 32.1. The first-order valence-electron chi connectivity index (χ1n) is 5.15. The van der Waals surface area contributed by atoms with Gasteiger partial charge in [0.05, 0.1) is 5.69 Å². The van der Waals surface area contributed by atoms with Crippen LogP contribution in [0.4, 0.5) is 0 Å². The van der Waals surface area contributed by atoms with Gasteiger partial charge < -0.3 is 5.11 Å². The first-order valence-corrected chi connectivity index (χ1v) is 5.97. The Morgan fingerprint density at radius 3 is 3.00 bits per heavy atom. The molecule has 3 rings (SSSR count). The van der Waals surface area contributed by atoms with Crippen molar-refractivity contribution in [2.24, 2.45) is 0 Å². The molecule has 0 atom stereocenters. The fourth-order valence-electron chi connectivity index (χ4n) is 1.72. The third kappa shape index (κ3) is 1.56. The van der Waals surface area contributed by atoms with Gasteiger partial charge in [-0.25, -0.2) is 19.4 Å². The van der Waals surface area contributed by atoms with Crippen molar-refractivity contribution < 1.29 is 9.90 Å². The Balaban J connectivity index is 2.27. The molecule has 0 amide bonds. The second kappa shape index (κ2) is 3.88. The van der Waals surface area contributed by atoms with Crippen molar-refractivity contribution in [3.8, 4) is 5.82 Å². The van der Waals surface area contributed by atoms with E-state index >= 15 is 0 Å². The number of aromatic carboxylic acids is 1. The van der Waals surface area contributed by atoms with E-state index in [0.29, 0.717) is 10.7 Å². The van der Waals surface area contributed by atoms with Crippen molar-refractivity contribution >= 4 is 27.5 Å². The molecule has 0 bridgehead atoms. The smallest absolute Gasteiger partial charge is 0.345 e. The molecule has 0 radical (unpaired) electrons. The maximum absolute atomic E-state index is 11.0. The maximum atomic E-state index is 11.0. The largest absolute Gasteiger partial charge is 0.477 e. The highest BCUT2D eigenvalue weighted by molar-refractivity contribution is 7.20. The molecule has 0 aliphatic rings. The summed E-state index contributed by atoms with van der Waals surface area (Å²) < 4.78 is 1.64. The van der Waals surface area contributed by atoms with Gasteiger partial charge in [0.25, 0.3) is 0 Å². The van der Waals surface area contributed by atoms with E-state index < -0.39 is 5.97 Å². The second-order valence-electron chi connectivity index (χ2n) is 3.70. The molecular weight excluding hydrogens is 252 g/mol. The minimum atomic E-state index is -0.926. The van der Waals surface area contributed by atoms with E-state index in [1.165, 1.54) is 17.7 Å². The van der Waals surface area contributed by atoms with Gasteiger partial charge in [-0.1, -0.05) is 0 Å². The molecule has 6 nitrogen and oxygen atoms in total. The first-order chi connectivity index (χ1) is 8.66. The zero-order valence-electron chi connectivity index (χ0n) is 9.36. The number of hydrogen-bond donors (Lipinski definition) is 1. The molecule has 0 spiro atoms. The number of aryl methyl sites for hydroxylation is 1.